The third-order valence-corrected chi connectivity index (χ3v) is 2.75. The fourth-order valence-electron chi connectivity index (χ4n) is 2.19. The van der Waals surface area contributed by atoms with Crippen molar-refractivity contribution in [3.63, 3.8) is 0 Å². The van der Waals surface area contributed by atoms with E-state index < -0.39 is 0 Å². The largest absolute Gasteiger partial charge is 0.353 e. The number of hydrogen-bond donors (Lipinski definition) is 1. The van der Waals surface area contributed by atoms with Crippen molar-refractivity contribution in [3.05, 3.63) is 0 Å². The lowest BCUT2D eigenvalue weighted by Crippen LogP contribution is -2.31. The highest BCUT2D eigenvalue weighted by atomic mass is 16.1. The molecule has 62 valence electrons. The van der Waals surface area contributed by atoms with Crippen LogP contribution in [0.1, 0.15) is 6.92 Å². The molecule has 0 aromatic carbocycles. The molecule has 3 nitrogen and oxygen atoms in total. The fraction of sp³-hybridized carbons (Fsp3) is 0.875. The van der Waals surface area contributed by atoms with Crippen LogP contribution in [0.25, 0.3) is 0 Å². The van der Waals surface area contributed by atoms with E-state index in [4.69, 9.17) is 0 Å². The van der Waals surface area contributed by atoms with Crippen LogP contribution in [0.3, 0.4) is 0 Å². The van der Waals surface area contributed by atoms with Gasteiger partial charge in [-0.3, -0.25) is 4.79 Å². The summed E-state index contributed by atoms with van der Waals surface area (Å²) in [5.41, 5.74) is 0. The SMILES string of the molecule is CC(=O)NC1[C@H]2CN(C)C[C@@H]12. The summed E-state index contributed by atoms with van der Waals surface area (Å²) in [5, 5.41) is 2.97. The van der Waals surface area contributed by atoms with Crippen molar-refractivity contribution < 1.29 is 4.79 Å². The monoisotopic (exact) mass is 154 g/mol. The van der Waals surface area contributed by atoms with Crippen LogP contribution in [0.5, 0.6) is 0 Å². The molecule has 3 heteroatoms. The molecule has 3 atom stereocenters. The zero-order valence-electron chi connectivity index (χ0n) is 7.00. The fourth-order valence-corrected chi connectivity index (χ4v) is 2.19. The molecule has 1 N–H and O–H groups in total. The van der Waals surface area contributed by atoms with Crippen LogP contribution < -0.4 is 5.32 Å². The van der Waals surface area contributed by atoms with E-state index in [0.717, 1.165) is 24.9 Å². The van der Waals surface area contributed by atoms with Crippen LogP contribution >= 0.6 is 0 Å². The van der Waals surface area contributed by atoms with Gasteiger partial charge < -0.3 is 10.2 Å². The molecule has 0 spiro atoms. The number of amides is 1. The minimum Gasteiger partial charge on any atom is -0.353 e. The highest BCUT2D eigenvalue weighted by molar-refractivity contribution is 5.73. The molecule has 2 fully saturated rings. The van der Waals surface area contributed by atoms with Gasteiger partial charge in [0.25, 0.3) is 0 Å². The van der Waals surface area contributed by atoms with Gasteiger partial charge in [-0.15, -0.1) is 0 Å². The Morgan fingerprint density at radius 1 is 1.45 bits per heavy atom. The summed E-state index contributed by atoms with van der Waals surface area (Å²) in [6.45, 7) is 3.92. The van der Waals surface area contributed by atoms with E-state index in [1.54, 1.807) is 6.92 Å². The van der Waals surface area contributed by atoms with Gasteiger partial charge in [0.15, 0.2) is 0 Å². The average Bonchev–Trinajstić information content (AvgIpc) is 2.43. The van der Waals surface area contributed by atoms with Gasteiger partial charge in [0, 0.05) is 26.1 Å². The summed E-state index contributed by atoms with van der Waals surface area (Å²) in [6, 6.07) is 0.503. The number of likely N-dealkylation sites (tertiary alicyclic amines) is 1. The van der Waals surface area contributed by atoms with E-state index >= 15 is 0 Å². The number of hydrogen-bond acceptors (Lipinski definition) is 2. The number of piperidine rings is 1. The van der Waals surface area contributed by atoms with Crippen molar-refractivity contribution >= 4 is 5.91 Å². The molecule has 0 aromatic heterocycles. The smallest absolute Gasteiger partial charge is 0.217 e. The van der Waals surface area contributed by atoms with Crippen molar-refractivity contribution in [1.29, 1.82) is 0 Å². The lowest BCUT2D eigenvalue weighted by Gasteiger charge is -2.12. The van der Waals surface area contributed by atoms with Gasteiger partial charge >= 0.3 is 0 Å². The average molecular weight is 154 g/mol. The van der Waals surface area contributed by atoms with Crippen LogP contribution in [0.4, 0.5) is 0 Å². The second-order valence-electron chi connectivity index (χ2n) is 3.78. The third-order valence-electron chi connectivity index (χ3n) is 2.75. The first-order chi connectivity index (χ1) is 5.18. The van der Waals surface area contributed by atoms with Gasteiger partial charge in [-0.05, 0) is 18.9 Å². The first-order valence-electron chi connectivity index (χ1n) is 4.14. The second-order valence-corrected chi connectivity index (χ2v) is 3.78. The van der Waals surface area contributed by atoms with E-state index in [2.05, 4.69) is 17.3 Å². The van der Waals surface area contributed by atoms with Gasteiger partial charge in [-0.25, -0.2) is 0 Å². The van der Waals surface area contributed by atoms with Crippen LogP contribution in [0.2, 0.25) is 0 Å². The van der Waals surface area contributed by atoms with Gasteiger partial charge in [0.1, 0.15) is 0 Å². The predicted molar refractivity (Wildman–Crippen MR) is 42.1 cm³/mol. The Morgan fingerprint density at radius 3 is 2.45 bits per heavy atom. The highest BCUT2D eigenvalue weighted by Crippen LogP contribution is 2.44. The standard InChI is InChI=1S/C8H14N2O/c1-5(11)9-8-6-3-10(2)4-7(6)8/h6-8H,3-4H2,1-2H3,(H,9,11)/t6-,7+,8?. The molecular weight excluding hydrogens is 140 g/mol. The molecule has 11 heavy (non-hydrogen) atoms. The molecular formula is C8H14N2O. The molecule has 1 saturated carbocycles. The van der Waals surface area contributed by atoms with Crippen molar-refractivity contribution in [2.45, 2.75) is 13.0 Å². The predicted octanol–water partition coefficient (Wildman–Crippen LogP) is -0.317. The summed E-state index contributed by atoms with van der Waals surface area (Å²) < 4.78 is 0. The van der Waals surface area contributed by atoms with E-state index in [0.29, 0.717) is 6.04 Å². The Labute approximate surface area is 66.8 Å². The molecule has 1 heterocycles. The van der Waals surface area contributed by atoms with Crippen LogP contribution in [0.15, 0.2) is 0 Å². The summed E-state index contributed by atoms with van der Waals surface area (Å²) >= 11 is 0. The maximum Gasteiger partial charge on any atom is 0.217 e. The zero-order chi connectivity index (χ0) is 8.01. The lowest BCUT2D eigenvalue weighted by molar-refractivity contribution is -0.119. The number of nitrogens with zero attached hydrogens (tertiary/aromatic N) is 1. The van der Waals surface area contributed by atoms with Crippen molar-refractivity contribution in [2.75, 3.05) is 20.1 Å². The lowest BCUT2D eigenvalue weighted by atomic mass is 10.4. The molecule has 1 amide bonds. The summed E-state index contributed by atoms with van der Waals surface area (Å²) in [7, 11) is 2.14. The first-order valence-corrected chi connectivity index (χ1v) is 4.14. The Hall–Kier alpha value is -0.570. The molecule has 1 unspecified atom stereocenters. The van der Waals surface area contributed by atoms with E-state index in [1.807, 2.05) is 0 Å². The second kappa shape index (κ2) is 2.21. The Morgan fingerprint density at radius 2 is 2.00 bits per heavy atom. The van der Waals surface area contributed by atoms with Crippen LogP contribution in [-0.2, 0) is 4.79 Å². The molecule has 1 saturated heterocycles. The highest BCUT2D eigenvalue weighted by Gasteiger charge is 2.55. The zero-order valence-corrected chi connectivity index (χ0v) is 7.00. The Bertz CT molecular complexity index is 181. The van der Waals surface area contributed by atoms with Gasteiger partial charge in [-0.2, -0.15) is 0 Å². The normalized spacial score (nSPS) is 41.8. The van der Waals surface area contributed by atoms with Crippen LogP contribution in [0, 0.1) is 11.8 Å². The van der Waals surface area contributed by atoms with Crippen molar-refractivity contribution in [2.24, 2.45) is 11.8 Å². The Balaban J connectivity index is 1.83. The van der Waals surface area contributed by atoms with Crippen molar-refractivity contribution in [3.8, 4) is 0 Å². The quantitative estimate of drug-likeness (QED) is 0.561. The third kappa shape index (κ3) is 1.13. The number of rotatable bonds is 1. The molecule has 2 aliphatic rings. The number of carbonyl (C=O) groups is 1. The molecule has 0 bridgehead atoms. The van der Waals surface area contributed by atoms with Gasteiger partial charge in [-0.1, -0.05) is 0 Å². The first kappa shape index (κ1) is 7.10. The minimum absolute atomic E-state index is 0.118. The summed E-state index contributed by atoms with van der Waals surface area (Å²) in [4.78, 5) is 13.0. The van der Waals surface area contributed by atoms with E-state index in [9.17, 15) is 4.79 Å². The molecule has 0 aromatic rings. The molecule has 2 rings (SSSR count). The molecule has 0 radical (unpaired) electrons. The van der Waals surface area contributed by atoms with Crippen molar-refractivity contribution in [1.82, 2.24) is 10.2 Å². The maximum atomic E-state index is 10.7. The summed E-state index contributed by atoms with van der Waals surface area (Å²) in [6.07, 6.45) is 0. The number of carbonyl (C=O) groups excluding carboxylic acids is 1. The van der Waals surface area contributed by atoms with E-state index in [1.165, 1.54) is 0 Å². The number of fused-ring (bicyclic) bond motifs is 1. The minimum atomic E-state index is 0.118. The molecule has 1 aliphatic heterocycles. The topological polar surface area (TPSA) is 32.3 Å². The Kier molecular flexibility index (Phi) is 1.42. The van der Waals surface area contributed by atoms with Gasteiger partial charge in [0.05, 0.1) is 0 Å². The molecule has 1 aliphatic carbocycles. The van der Waals surface area contributed by atoms with Crippen LogP contribution in [-0.4, -0.2) is 37.0 Å². The maximum absolute atomic E-state index is 10.7. The van der Waals surface area contributed by atoms with Gasteiger partial charge in [0.2, 0.25) is 5.91 Å². The number of nitrogens with one attached hydrogen (secondary N) is 1. The van der Waals surface area contributed by atoms with E-state index in [-0.39, 0.29) is 5.91 Å². The summed E-state index contributed by atoms with van der Waals surface area (Å²) in [5.74, 6) is 1.62.